The molecule has 1 aromatic carbocycles. The summed E-state index contributed by atoms with van der Waals surface area (Å²) in [4.78, 5) is 16.4. The Balaban J connectivity index is 2.11. The second kappa shape index (κ2) is 5.79. The van der Waals surface area contributed by atoms with E-state index < -0.39 is 0 Å². The highest BCUT2D eigenvalue weighted by Crippen LogP contribution is 2.22. The van der Waals surface area contributed by atoms with Crippen LogP contribution in [-0.2, 0) is 0 Å². The van der Waals surface area contributed by atoms with Gasteiger partial charge in [0.15, 0.2) is 5.13 Å². The predicted octanol–water partition coefficient (Wildman–Crippen LogP) is 4.12. The first-order valence-electron chi connectivity index (χ1n) is 5.58. The topological polar surface area (TPSA) is 42.0 Å². The van der Waals surface area contributed by atoms with Gasteiger partial charge < -0.3 is 0 Å². The molecule has 2 aromatic rings. The van der Waals surface area contributed by atoms with Crippen molar-refractivity contribution in [2.24, 2.45) is 0 Å². The quantitative estimate of drug-likeness (QED) is 0.824. The lowest BCUT2D eigenvalue weighted by atomic mass is 10.2. The summed E-state index contributed by atoms with van der Waals surface area (Å²) in [5.74, 6) is 0.266. The molecule has 1 heterocycles. The summed E-state index contributed by atoms with van der Waals surface area (Å²) in [6, 6.07) is 7.48. The number of benzene rings is 1. The van der Waals surface area contributed by atoms with E-state index in [9.17, 15) is 4.79 Å². The van der Waals surface area contributed by atoms with Gasteiger partial charge in [-0.15, -0.1) is 11.3 Å². The number of nitrogens with zero attached hydrogens (tertiary/aromatic N) is 1. The Morgan fingerprint density at radius 2 is 2.22 bits per heavy atom. The molecule has 0 atom stereocenters. The highest BCUT2D eigenvalue weighted by Gasteiger charge is 2.10. The van der Waals surface area contributed by atoms with E-state index >= 15 is 0 Å². The number of halogens is 1. The normalized spacial score (nSPS) is 10.7. The molecule has 0 saturated carbocycles. The monoisotopic (exact) mass is 372 g/mol. The van der Waals surface area contributed by atoms with Gasteiger partial charge in [0.25, 0.3) is 5.91 Å². The van der Waals surface area contributed by atoms with E-state index in [4.69, 9.17) is 0 Å². The van der Waals surface area contributed by atoms with Crippen LogP contribution in [0.4, 0.5) is 5.13 Å². The van der Waals surface area contributed by atoms with Gasteiger partial charge in [-0.1, -0.05) is 19.9 Å². The zero-order chi connectivity index (χ0) is 13.1. The molecule has 1 amide bonds. The summed E-state index contributed by atoms with van der Waals surface area (Å²) in [6.45, 7) is 4.17. The number of carbonyl (C=O) groups is 1. The molecule has 0 aliphatic rings. The van der Waals surface area contributed by atoms with Crippen molar-refractivity contribution in [3.8, 4) is 0 Å². The van der Waals surface area contributed by atoms with Crippen LogP contribution in [0.5, 0.6) is 0 Å². The molecule has 0 fully saturated rings. The van der Waals surface area contributed by atoms with Crippen molar-refractivity contribution in [1.29, 1.82) is 0 Å². The molecule has 0 aliphatic heterocycles. The van der Waals surface area contributed by atoms with Crippen LogP contribution in [0.2, 0.25) is 0 Å². The molecule has 18 heavy (non-hydrogen) atoms. The van der Waals surface area contributed by atoms with Crippen molar-refractivity contribution in [3.05, 3.63) is 44.5 Å². The zero-order valence-corrected chi connectivity index (χ0v) is 13.1. The van der Waals surface area contributed by atoms with E-state index in [1.807, 2.05) is 23.6 Å². The van der Waals surface area contributed by atoms with E-state index in [0.29, 0.717) is 16.6 Å². The standard InChI is InChI=1S/C13H13IN2OS/c1-8(2)11-7-18-13(15-11)16-12(17)9-4-3-5-10(14)6-9/h3-8H,1-2H3,(H,15,16,17). The van der Waals surface area contributed by atoms with E-state index in [2.05, 4.69) is 46.7 Å². The lowest BCUT2D eigenvalue weighted by Crippen LogP contribution is -2.11. The fourth-order valence-corrected chi connectivity index (χ4v) is 2.82. The fourth-order valence-electron chi connectivity index (χ4n) is 1.41. The minimum Gasteiger partial charge on any atom is -0.298 e. The van der Waals surface area contributed by atoms with Gasteiger partial charge in [-0.05, 0) is 46.7 Å². The minimum absolute atomic E-state index is 0.113. The smallest absolute Gasteiger partial charge is 0.257 e. The molecule has 0 bridgehead atoms. The molecular weight excluding hydrogens is 359 g/mol. The molecule has 5 heteroatoms. The molecule has 1 N–H and O–H groups in total. The van der Waals surface area contributed by atoms with Crippen LogP contribution < -0.4 is 5.32 Å². The molecule has 0 aliphatic carbocycles. The van der Waals surface area contributed by atoms with Crippen LogP contribution >= 0.6 is 33.9 Å². The van der Waals surface area contributed by atoms with E-state index in [0.717, 1.165) is 9.26 Å². The molecule has 0 spiro atoms. The van der Waals surface area contributed by atoms with Crippen molar-refractivity contribution in [2.75, 3.05) is 5.32 Å². The largest absolute Gasteiger partial charge is 0.298 e. The van der Waals surface area contributed by atoms with Crippen molar-refractivity contribution in [2.45, 2.75) is 19.8 Å². The number of thiazole rings is 1. The molecule has 3 nitrogen and oxygen atoms in total. The maximum atomic E-state index is 12.0. The molecule has 1 aromatic heterocycles. The first kappa shape index (κ1) is 13.5. The second-order valence-electron chi connectivity index (χ2n) is 4.20. The van der Waals surface area contributed by atoms with Gasteiger partial charge in [0.2, 0.25) is 0 Å². The van der Waals surface area contributed by atoms with Crippen LogP contribution in [-0.4, -0.2) is 10.9 Å². The average Bonchev–Trinajstić information content (AvgIpc) is 2.77. The lowest BCUT2D eigenvalue weighted by molar-refractivity contribution is 0.102. The number of nitrogens with one attached hydrogen (secondary N) is 1. The fraction of sp³-hybridized carbons (Fsp3) is 0.231. The number of carbonyl (C=O) groups excluding carboxylic acids is 1. The van der Waals surface area contributed by atoms with E-state index in [1.165, 1.54) is 11.3 Å². The first-order chi connectivity index (χ1) is 8.56. The summed E-state index contributed by atoms with van der Waals surface area (Å²) in [6.07, 6.45) is 0. The van der Waals surface area contributed by atoms with Crippen LogP contribution in [0.1, 0.15) is 35.8 Å². The maximum absolute atomic E-state index is 12.0. The van der Waals surface area contributed by atoms with Crippen molar-refractivity contribution in [1.82, 2.24) is 4.98 Å². The number of hydrogen-bond donors (Lipinski definition) is 1. The van der Waals surface area contributed by atoms with Gasteiger partial charge >= 0.3 is 0 Å². The highest BCUT2D eigenvalue weighted by molar-refractivity contribution is 14.1. The highest BCUT2D eigenvalue weighted by atomic mass is 127. The van der Waals surface area contributed by atoms with Crippen LogP contribution in [0.3, 0.4) is 0 Å². The Morgan fingerprint density at radius 1 is 1.44 bits per heavy atom. The minimum atomic E-state index is -0.113. The molecule has 2 rings (SSSR count). The Labute approximate surface area is 124 Å². The molecule has 94 valence electrons. The van der Waals surface area contributed by atoms with Crippen LogP contribution in [0, 0.1) is 3.57 Å². The Hall–Kier alpha value is -0.950. The summed E-state index contributed by atoms with van der Waals surface area (Å²) in [5.41, 5.74) is 1.67. The van der Waals surface area contributed by atoms with Gasteiger partial charge in [0.1, 0.15) is 0 Å². The Kier molecular flexibility index (Phi) is 4.34. The van der Waals surface area contributed by atoms with Gasteiger partial charge in [-0.3, -0.25) is 10.1 Å². The second-order valence-corrected chi connectivity index (χ2v) is 6.30. The Morgan fingerprint density at radius 3 is 2.83 bits per heavy atom. The Bertz CT molecular complexity index is 566. The van der Waals surface area contributed by atoms with Crippen molar-refractivity contribution < 1.29 is 4.79 Å². The summed E-state index contributed by atoms with van der Waals surface area (Å²) < 4.78 is 1.04. The summed E-state index contributed by atoms with van der Waals surface area (Å²) in [7, 11) is 0. The number of anilines is 1. The van der Waals surface area contributed by atoms with E-state index in [-0.39, 0.29) is 5.91 Å². The van der Waals surface area contributed by atoms with Gasteiger partial charge in [0.05, 0.1) is 5.69 Å². The van der Waals surface area contributed by atoms with Gasteiger partial charge in [0, 0.05) is 14.5 Å². The maximum Gasteiger partial charge on any atom is 0.257 e. The first-order valence-corrected chi connectivity index (χ1v) is 7.54. The number of rotatable bonds is 3. The molecule has 0 unspecified atom stereocenters. The van der Waals surface area contributed by atoms with E-state index in [1.54, 1.807) is 6.07 Å². The van der Waals surface area contributed by atoms with Crippen molar-refractivity contribution in [3.63, 3.8) is 0 Å². The molecule has 0 saturated heterocycles. The predicted molar refractivity (Wildman–Crippen MR) is 83.3 cm³/mol. The van der Waals surface area contributed by atoms with Gasteiger partial charge in [-0.2, -0.15) is 0 Å². The van der Waals surface area contributed by atoms with Gasteiger partial charge in [-0.25, -0.2) is 4.98 Å². The van der Waals surface area contributed by atoms with Crippen LogP contribution in [0.15, 0.2) is 29.6 Å². The number of aromatic nitrogens is 1. The SMILES string of the molecule is CC(C)c1csc(NC(=O)c2cccc(I)c2)n1. The number of hydrogen-bond acceptors (Lipinski definition) is 3. The van der Waals surface area contributed by atoms with Crippen molar-refractivity contribution >= 4 is 45.0 Å². The average molecular weight is 372 g/mol. The molecular formula is C13H13IN2OS. The third-order valence-corrected chi connectivity index (χ3v) is 3.87. The summed E-state index contributed by atoms with van der Waals surface area (Å²) >= 11 is 3.65. The lowest BCUT2D eigenvalue weighted by Gasteiger charge is -2.02. The third kappa shape index (κ3) is 3.29. The molecule has 0 radical (unpaired) electrons. The summed E-state index contributed by atoms with van der Waals surface area (Å²) in [5, 5.41) is 5.46. The van der Waals surface area contributed by atoms with Crippen LogP contribution in [0.25, 0.3) is 0 Å². The third-order valence-electron chi connectivity index (χ3n) is 2.42. The number of amides is 1. The zero-order valence-electron chi connectivity index (χ0n) is 10.1.